The number of sulfonamides is 1. The number of rotatable bonds is 5. The molecule has 2 aromatic rings. The number of anilines is 2. The van der Waals surface area contributed by atoms with Gasteiger partial charge in [-0.2, -0.15) is 0 Å². The Morgan fingerprint density at radius 1 is 1.27 bits per heavy atom. The van der Waals surface area contributed by atoms with Gasteiger partial charge in [0.1, 0.15) is 17.1 Å². The van der Waals surface area contributed by atoms with Gasteiger partial charge in [-0.25, -0.2) is 8.42 Å². The molecule has 0 saturated carbocycles. The van der Waals surface area contributed by atoms with Crippen LogP contribution in [0.15, 0.2) is 42.5 Å². The molecule has 9 heteroatoms. The van der Waals surface area contributed by atoms with Gasteiger partial charge in [0.2, 0.25) is 10.0 Å². The third-order valence-electron chi connectivity index (χ3n) is 4.95. The molecule has 0 radical (unpaired) electrons. The average Bonchev–Trinajstić information content (AvgIpc) is 2.65. The number of nitrogens with one attached hydrogen (secondary N) is 2. The molecule has 1 atom stereocenters. The number of nitrogens with zero attached hydrogens (tertiary/aromatic N) is 1. The third kappa shape index (κ3) is 5.14. The van der Waals surface area contributed by atoms with Crippen LogP contribution >= 0.6 is 12.2 Å². The van der Waals surface area contributed by atoms with E-state index in [0.29, 0.717) is 16.5 Å². The van der Waals surface area contributed by atoms with Crippen molar-refractivity contribution >= 4 is 38.7 Å². The van der Waals surface area contributed by atoms with Crippen LogP contribution in [-0.2, 0) is 10.0 Å². The molecule has 1 aliphatic rings. The van der Waals surface area contributed by atoms with Crippen LogP contribution in [0, 0.1) is 0 Å². The molecule has 30 heavy (non-hydrogen) atoms. The van der Waals surface area contributed by atoms with Crippen LogP contribution in [0.2, 0.25) is 0 Å². The van der Waals surface area contributed by atoms with Crippen molar-refractivity contribution in [2.45, 2.75) is 31.9 Å². The van der Waals surface area contributed by atoms with E-state index < -0.39 is 10.0 Å². The van der Waals surface area contributed by atoms with Crippen LogP contribution in [0.3, 0.4) is 0 Å². The minimum atomic E-state index is -3.34. The second-order valence-electron chi connectivity index (χ2n) is 7.90. The molecule has 1 heterocycles. The van der Waals surface area contributed by atoms with Crippen LogP contribution in [0.25, 0.3) is 0 Å². The Morgan fingerprint density at radius 3 is 2.67 bits per heavy atom. The number of benzene rings is 2. The molecule has 0 aliphatic carbocycles. The molecule has 3 rings (SSSR count). The van der Waals surface area contributed by atoms with E-state index in [1.54, 1.807) is 25.3 Å². The van der Waals surface area contributed by atoms with Gasteiger partial charge in [-0.1, -0.05) is 6.07 Å². The smallest absolute Gasteiger partial charge is 0.231 e. The van der Waals surface area contributed by atoms with Crippen LogP contribution in [-0.4, -0.2) is 39.5 Å². The van der Waals surface area contributed by atoms with Crippen molar-refractivity contribution in [3.05, 3.63) is 48.0 Å². The fourth-order valence-corrected chi connectivity index (χ4v) is 4.14. The van der Waals surface area contributed by atoms with Gasteiger partial charge in [0, 0.05) is 30.8 Å². The van der Waals surface area contributed by atoms with Crippen LogP contribution < -0.4 is 24.4 Å². The van der Waals surface area contributed by atoms with Gasteiger partial charge in [0.15, 0.2) is 5.11 Å². The molecular formula is C21H27N3O4S2. The zero-order chi connectivity index (χ0) is 22.1. The van der Waals surface area contributed by atoms with Crippen LogP contribution in [0.5, 0.6) is 11.5 Å². The van der Waals surface area contributed by atoms with Gasteiger partial charge in [0.25, 0.3) is 0 Å². The maximum Gasteiger partial charge on any atom is 0.231 e. The molecule has 1 unspecified atom stereocenters. The van der Waals surface area contributed by atoms with E-state index >= 15 is 0 Å². The Balaban J connectivity index is 1.77. The Morgan fingerprint density at radius 2 is 2.00 bits per heavy atom. The first-order chi connectivity index (χ1) is 14.0. The highest BCUT2D eigenvalue weighted by molar-refractivity contribution is 7.92. The Labute approximate surface area is 183 Å². The summed E-state index contributed by atoms with van der Waals surface area (Å²) in [6.07, 6.45) is 1.89. The van der Waals surface area contributed by atoms with Gasteiger partial charge < -0.3 is 20.1 Å². The first-order valence-corrected chi connectivity index (χ1v) is 11.7. The van der Waals surface area contributed by atoms with Crippen molar-refractivity contribution in [3.8, 4) is 11.5 Å². The molecule has 2 aromatic carbocycles. The number of methoxy groups -OCH3 is 1. The Kier molecular flexibility index (Phi) is 6.14. The van der Waals surface area contributed by atoms with E-state index in [2.05, 4.69) is 10.6 Å². The van der Waals surface area contributed by atoms with E-state index in [1.807, 2.05) is 38.1 Å². The summed E-state index contributed by atoms with van der Waals surface area (Å²) >= 11 is 5.53. The van der Waals surface area contributed by atoms with Crippen molar-refractivity contribution in [2.24, 2.45) is 0 Å². The van der Waals surface area contributed by atoms with Gasteiger partial charge >= 0.3 is 0 Å². The monoisotopic (exact) mass is 449 g/mol. The predicted octanol–water partition coefficient (Wildman–Crippen LogP) is 3.68. The standard InChI is InChI=1S/C21H27N3O4S2/c1-21(2)13-18(17-10-9-16(27-4)12-19(17)28-21)23-20(29)22-14-7-6-8-15(11-14)24(3)30(5,25)26/h6-12,18H,13H2,1-5H3,(H2,22,23,29). The quantitative estimate of drug-likeness (QED) is 0.674. The normalized spacial score (nSPS) is 17.3. The summed E-state index contributed by atoms with van der Waals surface area (Å²) in [6.45, 7) is 4.07. The fraction of sp³-hybridized carbons (Fsp3) is 0.381. The summed E-state index contributed by atoms with van der Waals surface area (Å²) in [4.78, 5) is 0. The topological polar surface area (TPSA) is 79.9 Å². The Hall–Kier alpha value is -2.52. The van der Waals surface area contributed by atoms with Gasteiger partial charge in [0.05, 0.1) is 25.1 Å². The summed E-state index contributed by atoms with van der Waals surface area (Å²) in [5.74, 6) is 1.50. The summed E-state index contributed by atoms with van der Waals surface area (Å²) in [5, 5.41) is 6.96. The highest BCUT2D eigenvalue weighted by Crippen LogP contribution is 2.41. The highest BCUT2D eigenvalue weighted by Gasteiger charge is 2.34. The number of hydrogen-bond donors (Lipinski definition) is 2. The largest absolute Gasteiger partial charge is 0.497 e. The summed E-state index contributed by atoms with van der Waals surface area (Å²) < 4.78 is 36.3. The van der Waals surface area contributed by atoms with Crippen molar-refractivity contribution < 1.29 is 17.9 Å². The lowest BCUT2D eigenvalue weighted by Gasteiger charge is -2.38. The molecule has 1 aliphatic heterocycles. The van der Waals surface area contributed by atoms with E-state index in [9.17, 15) is 8.42 Å². The average molecular weight is 450 g/mol. The minimum absolute atomic E-state index is 0.0449. The van der Waals surface area contributed by atoms with Gasteiger partial charge in [-0.15, -0.1) is 0 Å². The minimum Gasteiger partial charge on any atom is -0.497 e. The molecule has 2 N–H and O–H groups in total. The summed E-state index contributed by atoms with van der Waals surface area (Å²) in [7, 11) is -0.204. The predicted molar refractivity (Wildman–Crippen MR) is 124 cm³/mol. The SMILES string of the molecule is COc1ccc2c(c1)OC(C)(C)CC2NC(=S)Nc1cccc(N(C)S(C)(=O)=O)c1. The van der Waals surface area contributed by atoms with E-state index in [1.165, 1.54) is 17.6 Å². The van der Waals surface area contributed by atoms with Gasteiger partial charge in [-0.3, -0.25) is 4.31 Å². The molecule has 0 aromatic heterocycles. The first kappa shape index (κ1) is 22.2. The molecule has 0 saturated heterocycles. The molecule has 0 amide bonds. The molecule has 0 bridgehead atoms. The van der Waals surface area contributed by atoms with E-state index in [0.717, 1.165) is 23.5 Å². The number of hydrogen-bond acceptors (Lipinski definition) is 5. The maximum atomic E-state index is 11.8. The number of thiocarbonyl (C=S) groups is 1. The van der Waals surface area contributed by atoms with Crippen LogP contribution in [0.4, 0.5) is 11.4 Å². The molecule has 162 valence electrons. The zero-order valence-electron chi connectivity index (χ0n) is 17.7. The highest BCUT2D eigenvalue weighted by atomic mass is 32.2. The molecule has 0 spiro atoms. The maximum absolute atomic E-state index is 11.8. The second kappa shape index (κ2) is 8.31. The molecule has 0 fully saturated rings. The van der Waals surface area contributed by atoms with Crippen molar-refractivity contribution in [1.82, 2.24) is 5.32 Å². The number of fused-ring (bicyclic) bond motifs is 1. The molecular weight excluding hydrogens is 422 g/mol. The summed E-state index contributed by atoms with van der Waals surface area (Å²) in [5.41, 5.74) is 1.88. The van der Waals surface area contributed by atoms with Gasteiger partial charge in [-0.05, 0) is 56.4 Å². The zero-order valence-corrected chi connectivity index (χ0v) is 19.4. The second-order valence-corrected chi connectivity index (χ2v) is 10.3. The lowest BCUT2D eigenvalue weighted by Crippen LogP contribution is -2.42. The number of ether oxygens (including phenoxy) is 2. The fourth-order valence-electron chi connectivity index (χ4n) is 3.38. The summed E-state index contributed by atoms with van der Waals surface area (Å²) in [6, 6.07) is 12.8. The lowest BCUT2D eigenvalue weighted by atomic mass is 9.89. The lowest BCUT2D eigenvalue weighted by molar-refractivity contribution is 0.0693. The van der Waals surface area contributed by atoms with Crippen molar-refractivity contribution in [3.63, 3.8) is 0 Å². The first-order valence-electron chi connectivity index (χ1n) is 9.47. The van der Waals surface area contributed by atoms with E-state index in [4.69, 9.17) is 21.7 Å². The molecule has 7 nitrogen and oxygen atoms in total. The van der Waals surface area contributed by atoms with E-state index in [-0.39, 0.29) is 11.6 Å². The van der Waals surface area contributed by atoms with Crippen LogP contribution in [0.1, 0.15) is 31.9 Å². The Bertz CT molecular complexity index is 1050. The van der Waals surface area contributed by atoms with Crippen molar-refractivity contribution in [1.29, 1.82) is 0 Å². The van der Waals surface area contributed by atoms with Crippen molar-refractivity contribution in [2.75, 3.05) is 30.0 Å². The third-order valence-corrected chi connectivity index (χ3v) is 6.37.